The number of carbonyl (C=O) groups is 1. The van der Waals surface area contributed by atoms with Crippen LogP contribution >= 0.6 is 0 Å². The second kappa shape index (κ2) is 7.52. The number of likely N-dealkylation sites (tertiary alicyclic amines) is 1. The number of piperidine rings is 1. The Morgan fingerprint density at radius 2 is 2.33 bits per heavy atom. The zero-order valence-electron chi connectivity index (χ0n) is 12.6. The standard InChI is InChI=1S/C16H24FN3O/c1-12-4-5-14(9-15(12)17)19-16(21)11-20-8-2-3-13(10-20)6-7-18/h4-5,9,13H,2-3,6-8,10-11,18H2,1H3,(H,19,21). The van der Waals surface area contributed by atoms with Gasteiger partial charge in [0.05, 0.1) is 6.54 Å². The molecule has 1 aromatic rings. The Balaban J connectivity index is 1.84. The van der Waals surface area contributed by atoms with Crippen LogP contribution in [0.1, 0.15) is 24.8 Å². The summed E-state index contributed by atoms with van der Waals surface area (Å²) in [4.78, 5) is 14.2. The maximum absolute atomic E-state index is 13.5. The van der Waals surface area contributed by atoms with Gasteiger partial charge in [0.25, 0.3) is 0 Å². The van der Waals surface area contributed by atoms with E-state index >= 15 is 0 Å². The van der Waals surface area contributed by atoms with Crippen LogP contribution in [0, 0.1) is 18.7 Å². The third kappa shape index (κ3) is 4.79. The molecule has 1 unspecified atom stereocenters. The molecule has 0 spiro atoms. The minimum atomic E-state index is -0.297. The number of anilines is 1. The highest BCUT2D eigenvalue weighted by atomic mass is 19.1. The van der Waals surface area contributed by atoms with Crippen molar-refractivity contribution in [2.24, 2.45) is 11.7 Å². The van der Waals surface area contributed by atoms with Crippen molar-refractivity contribution in [1.82, 2.24) is 4.90 Å². The van der Waals surface area contributed by atoms with Gasteiger partial charge in [-0.3, -0.25) is 9.69 Å². The van der Waals surface area contributed by atoms with Crippen molar-refractivity contribution in [2.75, 3.05) is 31.5 Å². The highest BCUT2D eigenvalue weighted by molar-refractivity contribution is 5.92. The number of hydrogen-bond acceptors (Lipinski definition) is 3. The molecular weight excluding hydrogens is 269 g/mol. The predicted molar refractivity (Wildman–Crippen MR) is 82.6 cm³/mol. The van der Waals surface area contributed by atoms with Gasteiger partial charge in [-0.2, -0.15) is 0 Å². The Hall–Kier alpha value is -1.46. The third-order valence-corrected chi connectivity index (χ3v) is 4.00. The molecule has 116 valence electrons. The van der Waals surface area contributed by atoms with Crippen LogP contribution in [0.25, 0.3) is 0 Å². The molecule has 0 radical (unpaired) electrons. The van der Waals surface area contributed by atoms with E-state index in [1.54, 1.807) is 19.1 Å². The summed E-state index contributed by atoms with van der Waals surface area (Å²) >= 11 is 0. The maximum atomic E-state index is 13.5. The van der Waals surface area contributed by atoms with E-state index in [1.807, 2.05) is 0 Å². The van der Waals surface area contributed by atoms with Gasteiger partial charge < -0.3 is 11.1 Å². The molecule has 1 atom stereocenters. The Morgan fingerprint density at radius 3 is 3.05 bits per heavy atom. The van der Waals surface area contributed by atoms with Gasteiger partial charge in [-0.25, -0.2) is 4.39 Å². The molecule has 1 fully saturated rings. The van der Waals surface area contributed by atoms with Crippen LogP contribution in [0.2, 0.25) is 0 Å². The SMILES string of the molecule is Cc1ccc(NC(=O)CN2CCCC(CCN)C2)cc1F. The molecule has 1 heterocycles. The molecule has 0 saturated carbocycles. The molecule has 0 aliphatic carbocycles. The van der Waals surface area contributed by atoms with E-state index in [2.05, 4.69) is 10.2 Å². The number of halogens is 1. The van der Waals surface area contributed by atoms with Crippen molar-refractivity contribution in [2.45, 2.75) is 26.2 Å². The van der Waals surface area contributed by atoms with Gasteiger partial charge in [0.2, 0.25) is 5.91 Å². The van der Waals surface area contributed by atoms with Gasteiger partial charge in [0.15, 0.2) is 0 Å². The molecular formula is C16H24FN3O. The number of nitrogens with one attached hydrogen (secondary N) is 1. The molecule has 1 aliphatic heterocycles. The van der Waals surface area contributed by atoms with E-state index in [0.29, 0.717) is 30.3 Å². The number of aryl methyl sites for hydroxylation is 1. The van der Waals surface area contributed by atoms with Gasteiger partial charge >= 0.3 is 0 Å². The Labute approximate surface area is 125 Å². The number of benzene rings is 1. The van der Waals surface area contributed by atoms with Crippen molar-refractivity contribution in [3.63, 3.8) is 0 Å². The summed E-state index contributed by atoms with van der Waals surface area (Å²) < 4.78 is 13.5. The van der Waals surface area contributed by atoms with E-state index in [4.69, 9.17) is 5.73 Å². The van der Waals surface area contributed by atoms with E-state index in [1.165, 1.54) is 12.5 Å². The molecule has 3 N–H and O–H groups in total. The monoisotopic (exact) mass is 293 g/mol. The van der Waals surface area contributed by atoms with Crippen molar-refractivity contribution >= 4 is 11.6 Å². The van der Waals surface area contributed by atoms with Crippen LogP contribution in [-0.2, 0) is 4.79 Å². The van der Waals surface area contributed by atoms with Gasteiger partial charge in [-0.15, -0.1) is 0 Å². The third-order valence-electron chi connectivity index (χ3n) is 4.00. The first-order valence-electron chi connectivity index (χ1n) is 7.57. The largest absolute Gasteiger partial charge is 0.330 e. The number of rotatable bonds is 5. The fraction of sp³-hybridized carbons (Fsp3) is 0.562. The van der Waals surface area contributed by atoms with Gasteiger partial charge in [-0.05, 0) is 62.9 Å². The lowest BCUT2D eigenvalue weighted by molar-refractivity contribution is -0.117. The zero-order valence-corrected chi connectivity index (χ0v) is 12.6. The number of carbonyl (C=O) groups excluding carboxylic acids is 1. The zero-order chi connectivity index (χ0) is 15.2. The quantitative estimate of drug-likeness (QED) is 0.874. The molecule has 0 aromatic heterocycles. The summed E-state index contributed by atoms with van der Waals surface area (Å²) in [5.41, 5.74) is 6.69. The average molecular weight is 293 g/mol. The lowest BCUT2D eigenvalue weighted by Crippen LogP contribution is -2.40. The second-order valence-corrected chi connectivity index (χ2v) is 5.83. The molecule has 1 saturated heterocycles. The number of nitrogens with zero attached hydrogens (tertiary/aromatic N) is 1. The molecule has 0 bridgehead atoms. The van der Waals surface area contributed by atoms with Crippen LogP contribution in [-0.4, -0.2) is 37.0 Å². The second-order valence-electron chi connectivity index (χ2n) is 5.83. The maximum Gasteiger partial charge on any atom is 0.238 e. The van der Waals surface area contributed by atoms with E-state index in [-0.39, 0.29) is 11.7 Å². The van der Waals surface area contributed by atoms with Crippen LogP contribution in [0.3, 0.4) is 0 Å². The Morgan fingerprint density at radius 1 is 1.52 bits per heavy atom. The summed E-state index contributed by atoms with van der Waals surface area (Å²) in [7, 11) is 0. The van der Waals surface area contributed by atoms with Crippen LogP contribution in [0.15, 0.2) is 18.2 Å². The van der Waals surface area contributed by atoms with Crippen molar-refractivity contribution in [3.8, 4) is 0 Å². The van der Waals surface area contributed by atoms with Crippen molar-refractivity contribution in [3.05, 3.63) is 29.6 Å². The summed E-state index contributed by atoms with van der Waals surface area (Å²) in [6.07, 6.45) is 3.32. The minimum absolute atomic E-state index is 0.0911. The van der Waals surface area contributed by atoms with Crippen LogP contribution in [0.5, 0.6) is 0 Å². The summed E-state index contributed by atoms with van der Waals surface area (Å²) in [6.45, 7) is 4.62. The first-order chi connectivity index (χ1) is 10.1. The van der Waals surface area contributed by atoms with Gasteiger partial charge in [0, 0.05) is 12.2 Å². The summed E-state index contributed by atoms with van der Waals surface area (Å²) in [6, 6.07) is 4.76. The molecule has 5 heteroatoms. The molecule has 1 aliphatic rings. The lowest BCUT2D eigenvalue weighted by atomic mass is 9.95. The van der Waals surface area contributed by atoms with Crippen molar-refractivity contribution < 1.29 is 9.18 Å². The molecule has 1 aromatic carbocycles. The minimum Gasteiger partial charge on any atom is -0.330 e. The smallest absolute Gasteiger partial charge is 0.238 e. The summed E-state index contributed by atoms with van der Waals surface area (Å²) in [5, 5.41) is 2.76. The lowest BCUT2D eigenvalue weighted by Gasteiger charge is -2.32. The fourth-order valence-corrected chi connectivity index (χ4v) is 2.84. The van der Waals surface area contributed by atoms with Crippen LogP contribution < -0.4 is 11.1 Å². The normalized spacial score (nSPS) is 19.5. The Bertz CT molecular complexity index is 490. The van der Waals surface area contributed by atoms with Crippen molar-refractivity contribution in [1.29, 1.82) is 0 Å². The Kier molecular flexibility index (Phi) is 5.70. The average Bonchev–Trinajstić information content (AvgIpc) is 2.43. The highest BCUT2D eigenvalue weighted by Crippen LogP contribution is 2.19. The number of nitrogens with two attached hydrogens (primary N) is 1. The molecule has 21 heavy (non-hydrogen) atoms. The van der Waals surface area contributed by atoms with E-state index in [0.717, 1.165) is 25.9 Å². The van der Waals surface area contributed by atoms with Crippen LogP contribution in [0.4, 0.5) is 10.1 Å². The topological polar surface area (TPSA) is 58.4 Å². The first kappa shape index (κ1) is 15.9. The number of hydrogen-bond donors (Lipinski definition) is 2. The molecule has 4 nitrogen and oxygen atoms in total. The van der Waals surface area contributed by atoms with Gasteiger partial charge in [0.1, 0.15) is 5.82 Å². The highest BCUT2D eigenvalue weighted by Gasteiger charge is 2.21. The fourth-order valence-electron chi connectivity index (χ4n) is 2.84. The van der Waals surface area contributed by atoms with E-state index < -0.39 is 0 Å². The van der Waals surface area contributed by atoms with E-state index in [9.17, 15) is 9.18 Å². The van der Waals surface area contributed by atoms with Gasteiger partial charge in [-0.1, -0.05) is 6.07 Å². The molecule has 1 amide bonds. The summed E-state index contributed by atoms with van der Waals surface area (Å²) in [5.74, 6) is 0.203. The number of amides is 1. The predicted octanol–water partition coefficient (Wildman–Crippen LogP) is 2.13. The molecule has 2 rings (SSSR count). The first-order valence-corrected chi connectivity index (χ1v) is 7.57.